The third-order valence-electron chi connectivity index (χ3n) is 3.02. The summed E-state index contributed by atoms with van der Waals surface area (Å²) in [5.74, 6) is 1.67. The van der Waals surface area contributed by atoms with Gasteiger partial charge in [0.1, 0.15) is 18.6 Å². The molecule has 3 rings (SSSR count). The van der Waals surface area contributed by atoms with Gasteiger partial charge in [0, 0.05) is 5.56 Å². The fourth-order valence-electron chi connectivity index (χ4n) is 1.96. The van der Waals surface area contributed by atoms with Crippen molar-refractivity contribution in [3.05, 3.63) is 72.1 Å². The van der Waals surface area contributed by atoms with Crippen LogP contribution in [0.25, 0.3) is 11.5 Å². The molecule has 2 aromatic carbocycles. The minimum absolute atomic E-state index is 0.341. The maximum absolute atomic E-state index is 5.79. The van der Waals surface area contributed by atoms with E-state index in [9.17, 15) is 0 Å². The number of alkyl halides is 1. The van der Waals surface area contributed by atoms with Crippen LogP contribution in [0.4, 0.5) is 0 Å². The van der Waals surface area contributed by atoms with Crippen LogP contribution in [0.5, 0.6) is 5.75 Å². The summed E-state index contributed by atoms with van der Waals surface area (Å²) < 4.78 is 11.2. The predicted molar refractivity (Wildman–Crippen MR) is 82.3 cm³/mol. The van der Waals surface area contributed by atoms with E-state index >= 15 is 0 Å². The van der Waals surface area contributed by atoms with Gasteiger partial charge in [-0.25, -0.2) is 4.98 Å². The molecule has 0 aliphatic heterocycles. The number of halogens is 1. The Morgan fingerprint density at radius 1 is 1.05 bits per heavy atom. The van der Waals surface area contributed by atoms with Gasteiger partial charge in [-0.2, -0.15) is 0 Å². The van der Waals surface area contributed by atoms with Gasteiger partial charge in [0.2, 0.25) is 5.89 Å². The summed E-state index contributed by atoms with van der Waals surface area (Å²) in [4.78, 5) is 4.30. The molecule has 106 valence electrons. The number of hydrogen-bond acceptors (Lipinski definition) is 3. The van der Waals surface area contributed by atoms with Gasteiger partial charge in [-0.1, -0.05) is 36.4 Å². The largest absolute Gasteiger partial charge is 0.489 e. The van der Waals surface area contributed by atoms with Crippen LogP contribution in [0.3, 0.4) is 0 Å². The van der Waals surface area contributed by atoms with Crippen LogP contribution < -0.4 is 4.74 Å². The van der Waals surface area contributed by atoms with Crippen LogP contribution in [0.2, 0.25) is 0 Å². The summed E-state index contributed by atoms with van der Waals surface area (Å²) in [5, 5.41) is 0. The lowest BCUT2D eigenvalue weighted by Gasteiger charge is -2.07. The molecule has 0 saturated carbocycles. The first-order valence-corrected chi connectivity index (χ1v) is 7.16. The van der Waals surface area contributed by atoms with E-state index in [4.69, 9.17) is 20.8 Å². The van der Waals surface area contributed by atoms with Gasteiger partial charge in [0.05, 0.1) is 11.6 Å². The second-order valence-corrected chi connectivity index (χ2v) is 4.85. The average Bonchev–Trinajstić information content (AvgIpc) is 3.03. The van der Waals surface area contributed by atoms with Crippen molar-refractivity contribution in [2.24, 2.45) is 0 Å². The van der Waals surface area contributed by atoms with E-state index in [0.29, 0.717) is 18.4 Å². The van der Waals surface area contributed by atoms with Gasteiger partial charge in [-0.15, -0.1) is 11.6 Å². The third kappa shape index (κ3) is 3.44. The highest BCUT2D eigenvalue weighted by Crippen LogP contribution is 2.24. The minimum Gasteiger partial charge on any atom is -0.489 e. The van der Waals surface area contributed by atoms with Crippen molar-refractivity contribution in [3.8, 4) is 17.2 Å². The first-order chi connectivity index (χ1) is 10.3. The van der Waals surface area contributed by atoms with Crippen LogP contribution in [-0.2, 0) is 12.5 Å². The average molecular weight is 300 g/mol. The van der Waals surface area contributed by atoms with Crippen LogP contribution in [0, 0.1) is 0 Å². The standard InChI is InChI=1S/C17H14ClNO2/c18-10-15-12-21-17(19-15)14-7-4-8-16(9-14)20-11-13-5-2-1-3-6-13/h1-9,12H,10-11H2. The maximum Gasteiger partial charge on any atom is 0.226 e. The normalized spacial score (nSPS) is 10.5. The SMILES string of the molecule is ClCc1coc(-c2cccc(OCc3ccccc3)c2)n1. The Morgan fingerprint density at radius 2 is 1.90 bits per heavy atom. The van der Waals surface area contributed by atoms with E-state index in [2.05, 4.69) is 4.98 Å². The molecule has 3 nitrogen and oxygen atoms in total. The molecule has 0 saturated heterocycles. The zero-order valence-electron chi connectivity index (χ0n) is 11.3. The molecule has 0 radical (unpaired) electrons. The number of oxazole rings is 1. The first-order valence-electron chi connectivity index (χ1n) is 6.62. The molecule has 0 aliphatic carbocycles. The minimum atomic E-state index is 0.341. The molecule has 0 unspecified atom stereocenters. The molecular weight excluding hydrogens is 286 g/mol. The Bertz CT molecular complexity index is 710. The summed E-state index contributed by atoms with van der Waals surface area (Å²) in [6, 6.07) is 17.7. The summed E-state index contributed by atoms with van der Waals surface area (Å²) in [5.41, 5.74) is 2.72. The predicted octanol–water partition coefficient (Wildman–Crippen LogP) is 4.66. The number of benzene rings is 2. The molecule has 4 heteroatoms. The monoisotopic (exact) mass is 299 g/mol. The van der Waals surface area contributed by atoms with Crippen LogP contribution in [0.1, 0.15) is 11.3 Å². The van der Waals surface area contributed by atoms with Crippen molar-refractivity contribution in [1.29, 1.82) is 0 Å². The summed E-state index contributed by atoms with van der Waals surface area (Å²) in [7, 11) is 0. The van der Waals surface area contributed by atoms with Gasteiger partial charge in [0.15, 0.2) is 0 Å². The molecule has 0 N–H and O–H groups in total. The Labute approximate surface area is 128 Å². The Morgan fingerprint density at radius 3 is 2.67 bits per heavy atom. The van der Waals surface area contributed by atoms with Crippen LogP contribution in [0.15, 0.2) is 65.3 Å². The first kappa shape index (κ1) is 13.7. The van der Waals surface area contributed by atoms with Gasteiger partial charge in [-0.05, 0) is 23.8 Å². The fourth-order valence-corrected chi connectivity index (χ4v) is 2.08. The lowest BCUT2D eigenvalue weighted by molar-refractivity contribution is 0.306. The summed E-state index contributed by atoms with van der Waals surface area (Å²) in [6.45, 7) is 0.531. The van der Waals surface area contributed by atoms with E-state index in [1.165, 1.54) is 0 Å². The molecule has 0 spiro atoms. The maximum atomic E-state index is 5.79. The quantitative estimate of drug-likeness (QED) is 0.643. The molecule has 1 aromatic heterocycles. The smallest absolute Gasteiger partial charge is 0.226 e. The van der Waals surface area contributed by atoms with E-state index in [1.807, 2.05) is 54.6 Å². The van der Waals surface area contributed by atoms with Gasteiger partial charge >= 0.3 is 0 Å². The van der Waals surface area contributed by atoms with E-state index in [1.54, 1.807) is 6.26 Å². The van der Waals surface area contributed by atoms with Crippen molar-refractivity contribution in [3.63, 3.8) is 0 Å². The molecule has 21 heavy (non-hydrogen) atoms. The lowest BCUT2D eigenvalue weighted by Crippen LogP contribution is -1.95. The van der Waals surface area contributed by atoms with Gasteiger partial charge in [0.25, 0.3) is 0 Å². The van der Waals surface area contributed by atoms with Gasteiger partial charge in [-0.3, -0.25) is 0 Å². The van der Waals surface area contributed by atoms with E-state index in [-0.39, 0.29) is 0 Å². The Balaban J connectivity index is 1.74. The van der Waals surface area contributed by atoms with Crippen molar-refractivity contribution in [2.75, 3.05) is 0 Å². The highest BCUT2D eigenvalue weighted by Gasteiger charge is 2.07. The molecule has 3 aromatic rings. The Kier molecular flexibility index (Phi) is 4.22. The zero-order chi connectivity index (χ0) is 14.5. The number of aromatic nitrogens is 1. The molecule has 0 amide bonds. The molecule has 0 aliphatic rings. The van der Waals surface area contributed by atoms with Crippen LogP contribution >= 0.6 is 11.6 Å². The lowest BCUT2D eigenvalue weighted by atomic mass is 10.2. The molecule has 0 bridgehead atoms. The number of hydrogen-bond donors (Lipinski definition) is 0. The molecule has 0 atom stereocenters. The van der Waals surface area contributed by atoms with Crippen molar-refractivity contribution < 1.29 is 9.15 Å². The van der Waals surface area contributed by atoms with Gasteiger partial charge < -0.3 is 9.15 Å². The van der Waals surface area contributed by atoms with Crippen molar-refractivity contribution in [1.82, 2.24) is 4.98 Å². The van der Waals surface area contributed by atoms with E-state index < -0.39 is 0 Å². The highest BCUT2D eigenvalue weighted by molar-refractivity contribution is 6.16. The summed E-state index contributed by atoms with van der Waals surface area (Å²) in [6.07, 6.45) is 1.57. The van der Waals surface area contributed by atoms with E-state index in [0.717, 1.165) is 22.6 Å². The highest BCUT2D eigenvalue weighted by atomic mass is 35.5. The third-order valence-corrected chi connectivity index (χ3v) is 3.29. The molecular formula is C17H14ClNO2. The number of rotatable bonds is 5. The zero-order valence-corrected chi connectivity index (χ0v) is 12.1. The van der Waals surface area contributed by atoms with Crippen LogP contribution in [-0.4, -0.2) is 4.98 Å². The number of ether oxygens (including phenoxy) is 1. The topological polar surface area (TPSA) is 35.3 Å². The Hall–Kier alpha value is -2.26. The number of nitrogens with zero attached hydrogens (tertiary/aromatic N) is 1. The molecule has 1 heterocycles. The molecule has 0 fully saturated rings. The summed E-state index contributed by atoms with van der Waals surface area (Å²) >= 11 is 5.73. The second-order valence-electron chi connectivity index (χ2n) is 4.58. The van der Waals surface area contributed by atoms with Crippen molar-refractivity contribution in [2.45, 2.75) is 12.5 Å². The fraction of sp³-hybridized carbons (Fsp3) is 0.118. The second kappa shape index (κ2) is 6.46. The van der Waals surface area contributed by atoms with Crippen molar-refractivity contribution >= 4 is 11.6 Å².